The molecule has 6 heteroatoms. The summed E-state index contributed by atoms with van der Waals surface area (Å²) in [6, 6.07) is 23.0. The molecule has 5 nitrogen and oxygen atoms in total. The first-order chi connectivity index (χ1) is 14.5. The van der Waals surface area contributed by atoms with Gasteiger partial charge in [0.15, 0.2) is 6.04 Å². The van der Waals surface area contributed by atoms with Gasteiger partial charge in [-0.25, -0.2) is 0 Å². The van der Waals surface area contributed by atoms with Crippen LogP contribution in [0.4, 0.5) is 0 Å². The molecule has 150 valence electrons. The number of hydrazine groups is 1. The minimum absolute atomic E-state index is 0.285. The molecule has 2 amide bonds. The number of carbonyl (C=O) groups excluding carboxylic acids is 2. The number of hydrogen-bond acceptors (Lipinski definition) is 2. The molecule has 1 saturated heterocycles. The van der Waals surface area contributed by atoms with Gasteiger partial charge < -0.3 is 5.32 Å². The van der Waals surface area contributed by atoms with Crippen molar-refractivity contribution in [2.24, 2.45) is 0 Å². The average molecular weight is 419 g/mol. The largest absolute Gasteiger partial charge is 0.334 e. The lowest BCUT2D eigenvalue weighted by atomic mass is 9.99. The molecule has 1 fully saturated rings. The van der Waals surface area contributed by atoms with Crippen molar-refractivity contribution < 1.29 is 14.3 Å². The maximum Gasteiger partial charge on any atom is 0.304 e. The molecule has 30 heavy (non-hydrogen) atoms. The predicted molar refractivity (Wildman–Crippen MR) is 117 cm³/mol. The zero-order chi connectivity index (χ0) is 21.1. The lowest BCUT2D eigenvalue weighted by Crippen LogP contribution is -2.42. The fourth-order valence-corrected chi connectivity index (χ4v) is 3.67. The zero-order valence-electron chi connectivity index (χ0n) is 16.4. The SMILES string of the molecule is Cc1ccc(C(=O)N[C@@H]2C(=O)N/[N+](=C\c3ccccc3Cl)[C@H]2c2ccccc2)cc1. The third-order valence-electron chi connectivity index (χ3n) is 5.06. The molecule has 0 aromatic heterocycles. The van der Waals surface area contributed by atoms with E-state index in [1.54, 1.807) is 29.1 Å². The van der Waals surface area contributed by atoms with Crippen LogP contribution in [-0.4, -0.2) is 28.8 Å². The molecule has 1 aliphatic heterocycles. The summed E-state index contributed by atoms with van der Waals surface area (Å²) in [5, 5.41) is 3.47. The second-order valence-electron chi connectivity index (χ2n) is 7.21. The fraction of sp³-hybridized carbons (Fsp3) is 0.125. The second-order valence-corrected chi connectivity index (χ2v) is 7.61. The van der Waals surface area contributed by atoms with Crippen LogP contribution in [0.25, 0.3) is 0 Å². The number of nitrogens with one attached hydrogen (secondary N) is 2. The standard InChI is InChI=1S/C24H20ClN3O2/c1-16-11-13-18(14-12-16)23(29)26-21-22(17-7-3-2-4-8-17)28(27-24(21)30)15-19-9-5-6-10-20(19)25/h2-15,21-22H,1H3,(H-,26,27,29,30)/p+1/b28-15-/t21-,22-/m0/s1. The highest BCUT2D eigenvalue weighted by atomic mass is 35.5. The number of amides is 2. The van der Waals surface area contributed by atoms with E-state index >= 15 is 0 Å². The molecule has 0 aliphatic carbocycles. The van der Waals surface area contributed by atoms with Crippen molar-refractivity contribution in [1.82, 2.24) is 10.7 Å². The van der Waals surface area contributed by atoms with Gasteiger partial charge in [-0.2, -0.15) is 0 Å². The number of benzene rings is 3. The maximum atomic E-state index is 12.8. The number of nitrogens with zero attached hydrogens (tertiary/aromatic N) is 1. The summed E-state index contributed by atoms with van der Waals surface area (Å²) in [6.07, 6.45) is 1.79. The smallest absolute Gasteiger partial charge is 0.304 e. The highest BCUT2D eigenvalue weighted by Crippen LogP contribution is 2.26. The monoisotopic (exact) mass is 418 g/mol. The molecule has 4 rings (SSSR count). The van der Waals surface area contributed by atoms with Crippen molar-refractivity contribution >= 4 is 29.6 Å². The number of carbonyl (C=O) groups is 2. The number of aryl methyl sites for hydroxylation is 1. The molecule has 1 aliphatic rings. The molecule has 0 saturated carbocycles. The van der Waals surface area contributed by atoms with E-state index in [4.69, 9.17) is 11.6 Å². The van der Waals surface area contributed by atoms with Crippen molar-refractivity contribution in [1.29, 1.82) is 0 Å². The Morgan fingerprint density at radius 1 is 1.00 bits per heavy atom. The normalized spacial score (nSPS) is 19.5. The van der Waals surface area contributed by atoms with Crippen LogP contribution in [0.1, 0.15) is 33.1 Å². The van der Waals surface area contributed by atoms with Gasteiger partial charge in [0.1, 0.15) is 0 Å². The van der Waals surface area contributed by atoms with E-state index in [9.17, 15) is 9.59 Å². The summed E-state index contributed by atoms with van der Waals surface area (Å²) in [5.74, 6) is -0.580. The van der Waals surface area contributed by atoms with Crippen LogP contribution in [0.15, 0.2) is 78.9 Å². The van der Waals surface area contributed by atoms with Gasteiger partial charge in [-0.3, -0.25) is 9.59 Å². The highest BCUT2D eigenvalue weighted by molar-refractivity contribution is 6.32. The number of hydrogen-bond donors (Lipinski definition) is 2. The van der Waals surface area contributed by atoms with E-state index in [2.05, 4.69) is 10.7 Å². The average Bonchev–Trinajstić information content (AvgIpc) is 3.05. The molecular formula is C24H21ClN3O2+. The Hall–Kier alpha value is -3.44. The van der Waals surface area contributed by atoms with Crippen LogP contribution in [-0.2, 0) is 4.79 Å². The van der Waals surface area contributed by atoms with Gasteiger partial charge in [-0.05, 0) is 31.2 Å². The Balaban J connectivity index is 1.70. The van der Waals surface area contributed by atoms with Gasteiger partial charge in [0, 0.05) is 11.1 Å². The van der Waals surface area contributed by atoms with Crippen molar-refractivity contribution in [2.45, 2.75) is 19.0 Å². The van der Waals surface area contributed by atoms with Crippen molar-refractivity contribution in [3.8, 4) is 0 Å². The van der Waals surface area contributed by atoms with Gasteiger partial charge >= 0.3 is 5.91 Å². The van der Waals surface area contributed by atoms with Crippen LogP contribution < -0.4 is 10.7 Å². The van der Waals surface area contributed by atoms with Gasteiger partial charge in [0.05, 0.1) is 10.6 Å². The Kier molecular flexibility index (Phi) is 5.63. The molecule has 0 radical (unpaired) electrons. The van der Waals surface area contributed by atoms with Crippen LogP contribution in [0.3, 0.4) is 0 Å². The Labute approximate surface area is 180 Å². The molecule has 1 heterocycles. The lowest BCUT2D eigenvalue weighted by Gasteiger charge is -2.14. The summed E-state index contributed by atoms with van der Waals surface area (Å²) < 4.78 is 1.71. The van der Waals surface area contributed by atoms with E-state index in [1.165, 1.54) is 0 Å². The van der Waals surface area contributed by atoms with E-state index in [-0.39, 0.29) is 11.8 Å². The van der Waals surface area contributed by atoms with Crippen LogP contribution in [0.2, 0.25) is 5.02 Å². The topological polar surface area (TPSA) is 61.2 Å². The molecule has 0 spiro atoms. The zero-order valence-corrected chi connectivity index (χ0v) is 17.1. The molecule has 3 aromatic carbocycles. The summed E-state index contributed by atoms with van der Waals surface area (Å²) in [5.41, 5.74) is 6.10. The van der Waals surface area contributed by atoms with Gasteiger partial charge in [0.25, 0.3) is 5.91 Å². The van der Waals surface area contributed by atoms with Crippen LogP contribution in [0, 0.1) is 6.92 Å². The fourth-order valence-electron chi connectivity index (χ4n) is 3.49. The second kappa shape index (κ2) is 8.51. The first kappa shape index (κ1) is 19.9. The van der Waals surface area contributed by atoms with E-state index in [0.29, 0.717) is 10.6 Å². The van der Waals surface area contributed by atoms with Gasteiger partial charge in [0.2, 0.25) is 12.3 Å². The molecule has 2 N–H and O–H groups in total. The maximum absolute atomic E-state index is 12.8. The van der Waals surface area contributed by atoms with Gasteiger partial charge in [-0.15, -0.1) is 10.1 Å². The summed E-state index contributed by atoms with van der Waals surface area (Å²) in [7, 11) is 0. The Morgan fingerprint density at radius 2 is 1.67 bits per heavy atom. The third kappa shape index (κ3) is 4.11. The summed E-state index contributed by atoms with van der Waals surface area (Å²) in [4.78, 5) is 25.7. The molecule has 0 bridgehead atoms. The Morgan fingerprint density at radius 3 is 2.37 bits per heavy atom. The van der Waals surface area contributed by atoms with Crippen molar-refractivity contribution in [3.05, 3.63) is 106 Å². The minimum Gasteiger partial charge on any atom is -0.334 e. The number of rotatable bonds is 4. The van der Waals surface area contributed by atoms with E-state index < -0.39 is 12.1 Å². The minimum atomic E-state index is -0.764. The summed E-state index contributed by atoms with van der Waals surface area (Å²) in [6.45, 7) is 1.96. The third-order valence-corrected chi connectivity index (χ3v) is 5.41. The highest BCUT2D eigenvalue weighted by Gasteiger charge is 2.47. The van der Waals surface area contributed by atoms with E-state index in [0.717, 1.165) is 16.7 Å². The first-order valence-corrected chi connectivity index (χ1v) is 10.0. The molecule has 2 atom stereocenters. The summed E-state index contributed by atoms with van der Waals surface area (Å²) >= 11 is 6.31. The number of halogens is 1. The molecule has 3 aromatic rings. The predicted octanol–water partition coefficient (Wildman–Crippen LogP) is 3.66. The van der Waals surface area contributed by atoms with E-state index in [1.807, 2.05) is 67.6 Å². The number of hydrazone groups is 1. The van der Waals surface area contributed by atoms with Crippen LogP contribution in [0.5, 0.6) is 0 Å². The van der Waals surface area contributed by atoms with Crippen molar-refractivity contribution in [3.63, 3.8) is 0 Å². The molecule has 0 unspecified atom stereocenters. The van der Waals surface area contributed by atoms with Crippen LogP contribution >= 0.6 is 11.6 Å². The lowest BCUT2D eigenvalue weighted by molar-refractivity contribution is -0.596. The molecular weight excluding hydrogens is 398 g/mol. The Bertz CT molecular complexity index is 1110. The quantitative estimate of drug-likeness (QED) is 0.635. The first-order valence-electron chi connectivity index (χ1n) is 9.63. The van der Waals surface area contributed by atoms with Crippen molar-refractivity contribution in [2.75, 3.05) is 0 Å². The van der Waals surface area contributed by atoms with Gasteiger partial charge in [-0.1, -0.05) is 71.8 Å².